The quantitative estimate of drug-likeness (QED) is 0.921. The van der Waals surface area contributed by atoms with E-state index in [1.54, 1.807) is 18.3 Å². The van der Waals surface area contributed by atoms with Gasteiger partial charge in [0.1, 0.15) is 0 Å². The Morgan fingerprint density at radius 2 is 2.06 bits per heavy atom. The second-order valence-corrected chi connectivity index (χ2v) is 4.60. The van der Waals surface area contributed by atoms with E-state index in [9.17, 15) is 4.79 Å². The molecule has 0 spiro atoms. The summed E-state index contributed by atoms with van der Waals surface area (Å²) in [5, 5.41) is 9.16. The lowest BCUT2D eigenvalue weighted by Crippen LogP contribution is -1.99. The van der Waals surface area contributed by atoms with E-state index in [4.69, 9.17) is 5.11 Å². The van der Waals surface area contributed by atoms with E-state index in [0.717, 1.165) is 15.7 Å². The Balaban J connectivity index is 2.58. The Kier molecular flexibility index (Phi) is 3.24. The predicted molar refractivity (Wildman–Crippen MR) is 69.1 cm³/mol. The fourth-order valence-electron chi connectivity index (χ4n) is 1.57. The number of halogens is 1. The molecule has 0 amide bonds. The first-order valence-electron chi connectivity index (χ1n) is 5.04. The van der Waals surface area contributed by atoms with Crippen molar-refractivity contribution >= 4 is 21.9 Å². The van der Waals surface area contributed by atoms with E-state index in [2.05, 4.69) is 20.9 Å². The summed E-state index contributed by atoms with van der Waals surface area (Å²) in [5.74, 6) is -0.943. The molecule has 0 saturated heterocycles. The molecule has 2 rings (SSSR count). The maximum absolute atomic E-state index is 11.2. The molecule has 4 heteroatoms. The van der Waals surface area contributed by atoms with Crippen LogP contribution in [0.15, 0.2) is 41.0 Å². The molecule has 2 aromatic rings. The van der Waals surface area contributed by atoms with Crippen LogP contribution in [-0.4, -0.2) is 16.1 Å². The zero-order valence-corrected chi connectivity index (χ0v) is 10.7. The number of carboxylic acids is 1. The third-order valence-electron chi connectivity index (χ3n) is 2.43. The number of aromatic carboxylic acids is 1. The van der Waals surface area contributed by atoms with Gasteiger partial charge in [0.05, 0.1) is 5.56 Å². The van der Waals surface area contributed by atoms with E-state index >= 15 is 0 Å². The number of benzene rings is 1. The Labute approximate surface area is 107 Å². The molecule has 0 atom stereocenters. The lowest BCUT2D eigenvalue weighted by Gasteiger charge is -2.06. The van der Waals surface area contributed by atoms with Crippen molar-refractivity contribution in [2.45, 2.75) is 6.92 Å². The van der Waals surface area contributed by atoms with Gasteiger partial charge in [-0.2, -0.15) is 0 Å². The molecule has 0 bridgehead atoms. The molecule has 17 heavy (non-hydrogen) atoms. The van der Waals surface area contributed by atoms with Crippen LogP contribution < -0.4 is 0 Å². The van der Waals surface area contributed by atoms with Crippen molar-refractivity contribution in [1.82, 2.24) is 4.98 Å². The first kappa shape index (κ1) is 11.8. The third-order valence-corrected chi connectivity index (χ3v) is 2.93. The molecular formula is C13H10BrNO2. The lowest BCUT2D eigenvalue weighted by atomic mass is 10.0. The van der Waals surface area contributed by atoms with Crippen LogP contribution in [0.25, 0.3) is 11.1 Å². The Morgan fingerprint density at radius 3 is 2.65 bits per heavy atom. The van der Waals surface area contributed by atoms with Crippen LogP contribution in [0.4, 0.5) is 0 Å². The third kappa shape index (κ3) is 2.53. The minimum Gasteiger partial charge on any atom is -0.478 e. The SMILES string of the molecule is Cc1ccc(-c2ccc(Br)cc2C(=O)O)cn1. The molecule has 1 aromatic carbocycles. The molecule has 0 aliphatic rings. The number of hydrogen-bond acceptors (Lipinski definition) is 2. The van der Waals surface area contributed by atoms with Gasteiger partial charge in [-0.05, 0) is 30.7 Å². The van der Waals surface area contributed by atoms with Gasteiger partial charge in [0.2, 0.25) is 0 Å². The molecule has 0 saturated carbocycles. The molecule has 1 aromatic heterocycles. The number of nitrogens with zero attached hydrogens (tertiary/aromatic N) is 1. The van der Waals surface area contributed by atoms with Gasteiger partial charge < -0.3 is 5.11 Å². The van der Waals surface area contributed by atoms with E-state index in [0.29, 0.717) is 5.56 Å². The summed E-state index contributed by atoms with van der Waals surface area (Å²) in [5.41, 5.74) is 2.65. The van der Waals surface area contributed by atoms with Crippen molar-refractivity contribution in [3.05, 3.63) is 52.3 Å². The molecule has 0 unspecified atom stereocenters. The van der Waals surface area contributed by atoms with Crippen molar-refractivity contribution in [1.29, 1.82) is 0 Å². The summed E-state index contributed by atoms with van der Waals surface area (Å²) in [6.07, 6.45) is 1.69. The molecule has 0 radical (unpaired) electrons. The monoisotopic (exact) mass is 291 g/mol. The summed E-state index contributed by atoms with van der Waals surface area (Å²) < 4.78 is 0.749. The number of rotatable bonds is 2. The average Bonchev–Trinajstić information content (AvgIpc) is 2.30. The predicted octanol–water partition coefficient (Wildman–Crippen LogP) is 3.52. The number of aryl methyl sites for hydroxylation is 1. The summed E-state index contributed by atoms with van der Waals surface area (Å²) in [6.45, 7) is 1.89. The topological polar surface area (TPSA) is 50.2 Å². The Hall–Kier alpha value is -1.68. The van der Waals surface area contributed by atoms with E-state index < -0.39 is 5.97 Å². The highest BCUT2D eigenvalue weighted by atomic mass is 79.9. The summed E-state index contributed by atoms with van der Waals surface area (Å²) in [7, 11) is 0. The first-order valence-corrected chi connectivity index (χ1v) is 5.83. The highest BCUT2D eigenvalue weighted by molar-refractivity contribution is 9.10. The second kappa shape index (κ2) is 4.67. The second-order valence-electron chi connectivity index (χ2n) is 3.68. The van der Waals surface area contributed by atoms with Crippen molar-refractivity contribution in [2.75, 3.05) is 0 Å². The highest BCUT2D eigenvalue weighted by Crippen LogP contribution is 2.26. The summed E-state index contributed by atoms with van der Waals surface area (Å²) >= 11 is 3.27. The largest absolute Gasteiger partial charge is 0.478 e. The molecule has 3 nitrogen and oxygen atoms in total. The first-order chi connectivity index (χ1) is 8.08. The minimum absolute atomic E-state index is 0.269. The Morgan fingerprint density at radius 1 is 1.29 bits per heavy atom. The zero-order chi connectivity index (χ0) is 12.4. The normalized spacial score (nSPS) is 10.2. The van der Waals surface area contributed by atoms with Crippen LogP contribution in [-0.2, 0) is 0 Å². The lowest BCUT2D eigenvalue weighted by molar-refractivity contribution is 0.0697. The number of hydrogen-bond donors (Lipinski definition) is 1. The van der Waals surface area contributed by atoms with Crippen LogP contribution in [0.2, 0.25) is 0 Å². The van der Waals surface area contributed by atoms with Crippen molar-refractivity contribution in [3.63, 3.8) is 0 Å². The van der Waals surface area contributed by atoms with Gasteiger partial charge >= 0.3 is 5.97 Å². The van der Waals surface area contributed by atoms with Crippen molar-refractivity contribution in [2.24, 2.45) is 0 Å². The molecule has 1 heterocycles. The van der Waals surface area contributed by atoms with Crippen LogP contribution in [0.1, 0.15) is 16.1 Å². The highest BCUT2D eigenvalue weighted by Gasteiger charge is 2.12. The van der Waals surface area contributed by atoms with Gasteiger partial charge in [0.25, 0.3) is 0 Å². The number of aromatic nitrogens is 1. The smallest absolute Gasteiger partial charge is 0.336 e. The molecule has 0 aliphatic heterocycles. The standard InChI is InChI=1S/C13H10BrNO2/c1-8-2-3-9(7-15-8)11-5-4-10(14)6-12(11)13(16)17/h2-7H,1H3,(H,16,17). The Bertz CT molecular complexity index is 564. The fraction of sp³-hybridized carbons (Fsp3) is 0.0769. The van der Waals surface area contributed by atoms with Gasteiger partial charge in [-0.3, -0.25) is 4.98 Å². The van der Waals surface area contributed by atoms with Gasteiger partial charge in [-0.25, -0.2) is 4.79 Å². The van der Waals surface area contributed by atoms with E-state index in [1.165, 1.54) is 0 Å². The van der Waals surface area contributed by atoms with E-state index in [-0.39, 0.29) is 5.56 Å². The van der Waals surface area contributed by atoms with Crippen molar-refractivity contribution in [3.8, 4) is 11.1 Å². The van der Waals surface area contributed by atoms with Crippen LogP contribution >= 0.6 is 15.9 Å². The van der Waals surface area contributed by atoms with Crippen molar-refractivity contribution < 1.29 is 9.90 Å². The number of carbonyl (C=O) groups is 1. The van der Waals surface area contributed by atoms with Crippen LogP contribution in [0.3, 0.4) is 0 Å². The number of pyridine rings is 1. The van der Waals surface area contributed by atoms with Gasteiger partial charge in [-0.1, -0.05) is 28.1 Å². The van der Waals surface area contributed by atoms with Gasteiger partial charge in [0, 0.05) is 21.9 Å². The molecule has 86 valence electrons. The maximum atomic E-state index is 11.2. The fourth-order valence-corrected chi connectivity index (χ4v) is 1.93. The van der Waals surface area contributed by atoms with Gasteiger partial charge in [-0.15, -0.1) is 0 Å². The maximum Gasteiger partial charge on any atom is 0.336 e. The molecular weight excluding hydrogens is 282 g/mol. The summed E-state index contributed by atoms with van der Waals surface area (Å²) in [4.78, 5) is 15.3. The van der Waals surface area contributed by atoms with Crippen LogP contribution in [0, 0.1) is 6.92 Å². The molecule has 0 aliphatic carbocycles. The van der Waals surface area contributed by atoms with E-state index in [1.807, 2.05) is 25.1 Å². The summed E-state index contributed by atoms with van der Waals surface area (Å²) in [6, 6.07) is 8.93. The molecule has 0 fully saturated rings. The minimum atomic E-state index is -0.943. The average molecular weight is 292 g/mol. The zero-order valence-electron chi connectivity index (χ0n) is 9.14. The molecule has 1 N–H and O–H groups in total. The van der Waals surface area contributed by atoms with Gasteiger partial charge in [0.15, 0.2) is 0 Å². The number of carboxylic acid groups (broad SMARTS) is 1. The van der Waals surface area contributed by atoms with Crippen LogP contribution in [0.5, 0.6) is 0 Å².